The minimum atomic E-state index is -1.02. The van der Waals surface area contributed by atoms with E-state index in [-0.39, 0.29) is 13.0 Å². The number of aliphatic carboxylic acids is 1. The Morgan fingerprint density at radius 3 is 2.24 bits per heavy atom. The molecular formula is C18H18ClNO5. The number of halogens is 1. The molecule has 0 bridgehead atoms. The van der Waals surface area contributed by atoms with Crippen LogP contribution in [0.1, 0.15) is 18.0 Å². The minimum absolute atomic E-state index is 0.226. The normalized spacial score (nSPS) is 11.4. The molecule has 0 aliphatic rings. The molecule has 2 aromatic carbocycles. The first-order valence-corrected chi connectivity index (χ1v) is 7.89. The van der Waals surface area contributed by atoms with Gasteiger partial charge in [0.15, 0.2) is 6.61 Å². The molecule has 132 valence electrons. The van der Waals surface area contributed by atoms with Gasteiger partial charge in [-0.25, -0.2) is 0 Å². The zero-order chi connectivity index (χ0) is 18.2. The Labute approximate surface area is 150 Å². The highest BCUT2D eigenvalue weighted by molar-refractivity contribution is 6.30. The molecule has 0 fully saturated rings. The predicted octanol–water partition coefficient (Wildman–Crippen LogP) is 3.06. The van der Waals surface area contributed by atoms with E-state index in [4.69, 9.17) is 26.2 Å². The molecule has 0 heterocycles. The number of carbonyl (C=O) groups excluding carboxylic acids is 1. The predicted molar refractivity (Wildman–Crippen MR) is 93.1 cm³/mol. The lowest BCUT2D eigenvalue weighted by atomic mass is 10.0. The third-order valence-corrected chi connectivity index (χ3v) is 3.67. The number of carbonyl (C=O) groups is 2. The van der Waals surface area contributed by atoms with Crippen molar-refractivity contribution in [3.8, 4) is 11.5 Å². The van der Waals surface area contributed by atoms with Crippen LogP contribution >= 0.6 is 11.6 Å². The third-order valence-electron chi connectivity index (χ3n) is 3.42. The SMILES string of the molecule is COc1ccc(OCC(=O)NC(CC(=O)O)c2ccc(Cl)cc2)cc1. The van der Waals surface area contributed by atoms with Crippen LogP contribution in [0, 0.1) is 0 Å². The number of amides is 1. The second-order valence-electron chi connectivity index (χ2n) is 5.23. The average Bonchev–Trinajstić information content (AvgIpc) is 2.60. The summed E-state index contributed by atoms with van der Waals surface area (Å²) in [6, 6.07) is 12.8. The summed E-state index contributed by atoms with van der Waals surface area (Å²) in [5.74, 6) is -0.244. The first-order chi connectivity index (χ1) is 12.0. The lowest BCUT2D eigenvalue weighted by Crippen LogP contribution is -2.33. The van der Waals surface area contributed by atoms with E-state index in [1.807, 2.05) is 0 Å². The fraction of sp³-hybridized carbons (Fsp3) is 0.222. The van der Waals surface area contributed by atoms with Gasteiger partial charge in [0.1, 0.15) is 11.5 Å². The van der Waals surface area contributed by atoms with E-state index < -0.39 is 17.9 Å². The number of ether oxygens (including phenoxy) is 2. The van der Waals surface area contributed by atoms with Crippen molar-refractivity contribution in [2.24, 2.45) is 0 Å². The first kappa shape index (κ1) is 18.6. The summed E-state index contributed by atoms with van der Waals surface area (Å²) in [5, 5.41) is 12.2. The summed E-state index contributed by atoms with van der Waals surface area (Å²) in [6.45, 7) is -0.226. The molecule has 0 aliphatic heterocycles. The Hall–Kier alpha value is -2.73. The summed E-state index contributed by atoms with van der Waals surface area (Å²) in [7, 11) is 1.56. The minimum Gasteiger partial charge on any atom is -0.497 e. The number of hydrogen-bond acceptors (Lipinski definition) is 4. The van der Waals surface area contributed by atoms with Crippen LogP contribution < -0.4 is 14.8 Å². The van der Waals surface area contributed by atoms with Crippen LogP contribution in [0.3, 0.4) is 0 Å². The molecule has 0 spiro atoms. The Kier molecular flexibility index (Phi) is 6.65. The quantitative estimate of drug-likeness (QED) is 0.753. The van der Waals surface area contributed by atoms with E-state index >= 15 is 0 Å². The summed E-state index contributed by atoms with van der Waals surface area (Å²) in [4.78, 5) is 23.1. The number of methoxy groups -OCH3 is 1. The lowest BCUT2D eigenvalue weighted by Gasteiger charge is -2.18. The zero-order valence-corrected chi connectivity index (χ0v) is 14.3. The Bertz CT molecular complexity index is 715. The number of hydrogen-bond donors (Lipinski definition) is 2. The largest absolute Gasteiger partial charge is 0.497 e. The van der Waals surface area contributed by atoms with Gasteiger partial charge in [-0.1, -0.05) is 23.7 Å². The van der Waals surface area contributed by atoms with Crippen molar-refractivity contribution in [1.82, 2.24) is 5.32 Å². The van der Waals surface area contributed by atoms with Gasteiger partial charge in [0.05, 0.1) is 19.6 Å². The second-order valence-corrected chi connectivity index (χ2v) is 5.67. The Balaban J connectivity index is 1.96. The topological polar surface area (TPSA) is 84.9 Å². The van der Waals surface area contributed by atoms with Crippen LogP contribution in [-0.2, 0) is 9.59 Å². The smallest absolute Gasteiger partial charge is 0.305 e. The summed E-state index contributed by atoms with van der Waals surface area (Å²) in [5.41, 5.74) is 0.657. The molecule has 1 unspecified atom stereocenters. The van der Waals surface area contributed by atoms with Crippen LogP contribution in [-0.4, -0.2) is 30.7 Å². The molecule has 25 heavy (non-hydrogen) atoms. The van der Waals surface area contributed by atoms with Crippen molar-refractivity contribution in [2.75, 3.05) is 13.7 Å². The van der Waals surface area contributed by atoms with Crippen molar-refractivity contribution in [1.29, 1.82) is 0 Å². The highest BCUT2D eigenvalue weighted by Crippen LogP contribution is 2.20. The number of benzene rings is 2. The maximum absolute atomic E-state index is 12.1. The summed E-state index contributed by atoms with van der Waals surface area (Å²) < 4.78 is 10.4. The lowest BCUT2D eigenvalue weighted by molar-refractivity contribution is -0.137. The van der Waals surface area contributed by atoms with Crippen molar-refractivity contribution < 1.29 is 24.2 Å². The molecule has 0 saturated carbocycles. The fourth-order valence-corrected chi connectivity index (χ4v) is 2.30. The van der Waals surface area contributed by atoms with Crippen molar-refractivity contribution >= 4 is 23.5 Å². The molecule has 1 atom stereocenters. The summed E-state index contributed by atoms with van der Waals surface area (Å²) in [6.07, 6.45) is -0.240. The van der Waals surface area contributed by atoms with Gasteiger partial charge < -0.3 is 19.9 Å². The van der Waals surface area contributed by atoms with E-state index in [0.717, 1.165) is 0 Å². The van der Waals surface area contributed by atoms with E-state index in [1.165, 1.54) is 0 Å². The Morgan fingerprint density at radius 1 is 1.08 bits per heavy atom. The van der Waals surface area contributed by atoms with Crippen LogP contribution in [0.15, 0.2) is 48.5 Å². The van der Waals surface area contributed by atoms with Crippen molar-refractivity contribution in [3.05, 3.63) is 59.1 Å². The molecule has 2 N–H and O–H groups in total. The standard InChI is InChI=1S/C18H18ClNO5/c1-24-14-6-8-15(9-7-14)25-11-17(21)20-16(10-18(22)23)12-2-4-13(19)5-3-12/h2-9,16H,10-11H2,1H3,(H,20,21)(H,22,23). The first-order valence-electron chi connectivity index (χ1n) is 7.51. The number of carboxylic acids is 1. The summed E-state index contributed by atoms with van der Waals surface area (Å²) >= 11 is 5.83. The average molecular weight is 364 g/mol. The van der Waals surface area contributed by atoms with Crippen molar-refractivity contribution in [3.63, 3.8) is 0 Å². The third kappa shape index (κ3) is 6.00. The van der Waals surface area contributed by atoms with Gasteiger partial charge in [0, 0.05) is 5.02 Å². The number of carboxylic acid groups (broad SMARTS) is 1. The molecule has 2 rings (SSSR count). The molecule has 0 aliphatic carbocycles. The molecule has 0 radical (unpaired) electrons. The van der Waals surface area contributed by atoms with Gasteiger partial charge in [0.25, 0.3) is 5.91 Å². The van der Waals surface area contributed by atoms with Crippen LogP contribution in [0.5, 0.6) is 11.5 Å². The van der Waals surface area contributed by atoms with E-state index in [2.05, 4.69) is 5.32 Å². The number of rotatable bonds is 8. The molecule has 2 aromatic rings. The fourth-order valence-electron chi connectivity index (χ4n) is 2.18. The molecule has 0 aromatic heterocycles. The van der Waals surface area contributed by atoms with Gasteiger partial charge in [-0.3, -0.25) is 9.59 Å². The Morgan fingerprint density at radius 2 is 1.68 bits per heavy atom. The molecule has 7 heteroatoms. The monoisotopic (exact) mass is 363 g/mol. The zero-order valence-electron chi connectivity index (χ0n) is 13.6. The molecular weight excluding hydrogens is 346 g/mol. The van der Waals surface area contributed by atoms with Gasteiger partial charge in [0.2, 0.25) is 0 Å². The number of nitrogens with one attached hydrogen (secondary N) is 1. The van der Waals surface area contributed by atoms with Crippen LogP contribution in [0.4, 0.5) is 0 Å². The maximum Gasteiger partial charge on any atom is 0.305 e. The highest BCUT2D eigenvalue weighted by atomic mass is 35.5. The van der Waals surface area contributed by atoms with Crippen molar-refractivity contribution in [2.45, 2.75) is 12.5 Å². The molecule has 6 nitrogen and oxygen atoms in total. The second kappa shape index (κ2) is 8.94. The maximum atomic E-state index is 12.1. The van der Waals surface area contributed by atoms with Crippen LogP contribution in [0.2, 0.25) is 5.02 Å². The molecule has 1 amide bonds. The van der Waals surface area contributed by atoms with Gasteiger partial charge >= 0.3 is 5.97 Å². The van der Waals surface area contributed by atoms with Gasteiger partial charge in [-0.2, -0.15) is 0 Å². The van der Waals surface area contributed by atoms with E-state index in [1.54, 1.807) is 55.6 Å². The highest BCUT2D eigenvalue weighted by Gasteiger charge is 2.18. The van der Waals surface area contributed by atoms with Crippen LogP contribution in [0.25, 0.3) is 0 Å². The molecule has 0 saturated heterocycles. The van der Waals surface area contributed by atoms with E-state index in [0.29, 0.717) is 22.1 Å². The van der Waals surface area contributed by atoms with E-state index in [9.17, 15) is 9.59 Å². The van der Waals surface area contributed by atoms with Gasteiger partial charge in [-0.05, 0) is 42.0 Å². The van der Waals surface area contributed by atoms with Gasteiger partial charge in [-0.15, -0.1) is 0 Å².